The quantitative estimate of drug-likeness (QED) is 0.148. The van der Waals surface area contributed by atoms with E-state index in [1.54, 1.807) is 0 Å². The van der Waals surface area contributed by atoms with Gasteiger partial charge in [0.1, 0.15) is 0 Å². The molecular weight excluding hydrogens is 785 g/mol. The maximum atomic E-state index is 2.51. The lowest BCUT2D eigenvalue weighted by molar-refractivity contribution is 0.660. The topological polar surface area (TPSA) is 8.17 Å². The predicted octanol–water partition coefficient (Wildman–Crippen LogP) is 17.2. The molecule has 308 valence electrons. The molecule has 1 heterocycles. The van der Waals surface area contributed by atoms with E-state index in [0.29, 0.717) is 0 Å². The van der Waals surface area contributed by atoms with Gasteiger partial charge in [-0.15, -0.1) is 0 Å². The Morgan fingerprint density at radius 3 is 1.68 bits per heavy atom. The van der Waals surface area contributed by atoms with E-state index in [-0.39, 0.29) is 5.41 Å². The summed E-state index contributed by atoms with van der Waals surface area (Å²) in [6.45, 7) is 4.74. The number of fused-ring (bicyclic) bond motifs is 6. The summed E-state index contributed by atoms with van der Waals surface area (Å²) in [5.41, 5.74) is 21.5. The fraction of sp³-hybridized carbons (Fsp3) is 0.0476. The number of rotatable bonds is 8. The maximum Gasteiger partial charge on any atom is 0.0546 e. The van der Waals surface area contributed by atoms with Gasteiger partial charge in [-0.2, -0.15) is 0 Å². The summed E-state index contributed by atoms with van der Waals surface area (Å²) in [4.78, 5) is 2.51. The lowest BCUT2D eigenvalue weighted by Gasteiger charge is -2.31. The van der Waals surface area contributed by atoms with Gasteiger partial charge in [-0.3, -0.25) is 0 Å². The molecule has 2 heteroatoms. The smallest absolute Gasteiger partial charge is 0.0546 e. The van der Waals surface area contributed by atoms with Crippen molar-refractivity contribution in [3.8, 4) is 61.3 Å². The molecule has 0 aliphatic heterocycles. The molecule has 2 nitrogen and oxygen atoms in total. The van der Waals surface area contributed by atoms with Gasteiger partial charge in [0.15, 0.2) is 0 Å². The standard InChI is InChI=1S/C63H46N2/c1-63(2)57-33-16-14-29-52(57)53-38-37-49(42-58(53)63)64(61-35-19-32-51(44-22-8-4-9-23-44)62(61)55-31-13-12-28-50(55)43-20-6-3-7-21-43)48-27-18-24-45(40-48)46-36-39-60-56(41-46)54-30-15-17-34-59(54)65(60)47-25-10-5-11-26-47/h3-42H,1-2H3. The van der Waals surface area contributed by atoms with Crippen molar-refractivity contribution >= 4 is 38.9 Å². The summed E-state index contributed by atoms with van der Waals surface area (Å²) < 4.78 is 2.38. The maximum absolute atomic E-state index is 2.51. The van der Waals surface area contributed by atoms with Crippen LogP contribution in [0.1, 0.15) is 25.0 Å². The van der Waals surface area contributed by atoms with Crippen LogP contribution in [0.2, 0.25) is 0 Å². The Labute approximate surface area is 381 Å². The first-order valence-corrected chi connectivity index (χ1v) is 22.6. The molecule has 0 N–H and O–H groups in total. The largest absolute Gasteiger partial charge is 0.310 e. The normalized spacial score (nSPS) is 12.6. The zero-order valence-corrected chi connectivity index (χ0v) is 36.5. The first-order chi connectivity index (χ1) is 32.0. The van der Waals surface area contributed by atoms with Crippen molar-refractivity contribution in [3.05, 3.63) is 254 Å². The molecule has 1 aliphatic carbocycles. The number of para-hydroxylation sites is 2. The highest BCUT2D eigenvalue weighted by molar-refractivity contribution is 6.10. The summed E-state index contributed by atoms with van der Waals surface area (Å²) in [5, 5.41) is 2.48. The van der Waals surface area contributed by atoms with E-state index in [2.05, 4.69) is 266 Å². The van der Waals surface area contributed by atoms with Gasteiger partial charge in [0, 0.05) is 38.8 Å². The number of anilines is 3. The van der Waals surface area contributed by atoms with Crippen molar-refractivity contribution in [3.63, 3.8) is 0 Å². The van der Waals surface area contributed by atoms with E-state index in [1.165, 1.54) is 83.0 Å². The van der Waals surface area contributed by atoms with Crippen LogP contribution in [0, 0.1) is 0 Å². The molecule has 0 unspecified atom stereocenters. The second kappa shape index (κ2) is 15.6. The molecule has 1 aromatic heterocycles. The first-order valence-electron chi connectivity index (χ1n) is 22.6. The third-order valence-electron chi connectivity index (χ3n) is 13.6. The average molecular weight is 831 g/mol. The molecule has 1 aliphatic rings. The Bertz CT molecular complexity index is 3560. The van der Waals surface area contributed by atoms with E-state index in [1.807, 2.05) is 0 Å². The van der Waals surface area contributed by atoms with Crippen LogP contribution < -0.4 is 4.90 Å². The molecule has 0 amide bonds. The van der Waals surface area contributed by atoms with Crippen molar-refractivity contribution in [2.24, 2.45) is 0 Å². The monoisotopic (exact) mass is 830 g/mol. The van der Waals surface area contributed by atoms with Gasteiger partial charge < -0.3 is 9.47 Å². The van der Waals surface area contributed by atoms with E-state index in [0.717, 1.165) is 28.3 Å². The second-order valence-electron chi connectivity index (χ2n) is 17.7. The number of hydrogen-bond donors (Lipinski definition) is 0. The van der Waals surface area contributed by atoms with Crippen LogP contribution >= 0.6 is 0 Å². The molecule has 11 aromatic rings. The molecular formula is C63H46N2. The van der Waals surface area contributed by atoms with Gasteiger partial charge in [0.25, 0.3) is 0 Å². The van der Waals surface area contributed by atoms with Gasteiger partial charge in [-0.1, -0.05) is 196 Å². The first kappa shape index (κ1) is 38.5. The van der Waals surface area contributed by atoms with Crippen LogP contribution in [0.15, 0.2) is 243 Å². The minimum Gasteiger partial charge on any atom is -0.310 e. The fourth-order valence-electron chi connectivity index (χ4n) is 10.5. The molecule has 0 bridgehead atoms. The second-order valence-corrected chi connectivity index (χ2v) is 17.7. The van der Waals surface area contributed by atoms with Gasteiger partial charge in [-0.05, 0) is 122 Å². The highest BCUT2D eigenvalue weighted by Crippen LogP contribution is 2.53. The minimum absolute atomic E-state index is 0.168. The van der Waals surface area contributed by atoms with Crippen LogP contribution in [0.25, 0.3) is 83.1 Å². The third kappa shape index (κ3) is 6.40. The molecule has 0 spiro atoms. The SMILES string of the molecule is CC1(C)c2ccccc2-c2ccc(N(c3cccc(-c4ccc5c(c4)c4ccccc4n5-c4ccccc4)c3)c3cccc(-c4ccccc4)c3-c3ccccc3-c3ccccc3)cc21. The minimum atomic E-state index is -0.168. The van der Waals surface area contributed by atoms with Gasteiger partial charge in [0.2, 0.25) is 0 Å². The van der Waals surface area contributed by atoms with Crippen molar-refractivity contribution in [2.45, 2.75) is 19.3 Å². The molecule has 0 radical (unpaired) electrons. The van der Waals surface area contributed by atoms with Crippen LogP contribution in [-0.2, 0) is 5.41 Å². The van der Waals surface area contributed by atoms with Crippen molar-refractivity contribution < 1.29 is 0 Å². The van der Waals surface area contributed by atoms with Crippen molar-refractivity contribution in [1.29, 1.82) is 0 Å². The van der Waals surface area contributed by atoms with Crippen LogP contribution in [0.4, 0.5) is 17.1 Å². The molecule has 0 fully saturated rings. The molecule has 65 heavy (non-hydrogen) atoms. The Morgan fingerprint density at radius 1 is 0.338 bits per heavy atom. The van der Waals surface area contributed by atoms with Gasteiger partial charge >= 0.3 is 0 Å². The molecule has 10 aromatic carbocycles. The third-order valence-corrected chi connectivity index (χ3v) is 13.6. The lowest BCUT2D eigenvalue weighted by atomic mass is 9.82. The van der Waals surface area contributed by atoms with E-state index in [9.17, 15) is 0 Å². The summed E-state index contributed by atoms with van der Waals surface area (Å²) in [5.74, 6) is 0. The molecule has 0 saturated heterocycles. The highest BCUT2D eigenvalue weighted by Gasteiger charge is 2.36. The van der Waals surface area contributed by atoms with Gasteiger partial charge in [0.05, 0.1) is 16.7 Å². The van der Waals surface area contributed by atoms with E-state index in [4.69, 9.17) is 0 Å². The zero-order chi connectivity index (χ0) is 43.5. The highest BCUT2D eigenvalue weighted by atomic mass is 15.1. The summed E-state index contributed by atoms with van der Waals surface area (Å²) in [6.07, 6.45) is 0. The number of aromatic nitrogens is 1. The Kier molecular flexibility index (Phi) is 9.21. The molecule has 0 atom stereocenters. The number of benzene rings is 10. The van der Waals surface area contributed by atoms with Crippen LogP contribution in [0.3, 0.4) is 0 Å². The Balaban J connectivity index is 1.10. The Morgan fingerprint density at radius 2 is 0.892 bits per heavy atom. The summed E-state index contributed by atoms with van der Waals surface area (Å²) in [7, 11) is 0. The Hall–Kier alpha value is -8.20. The number of hydrogen-bond acceptors (Lipinski definition) is 1. The average Bonchev–Trinajstić information content (AvgIpc) is 3.82. The summed E-state index contributed by atoms with van der Waals surface area (Å²) in [6, 6.07) is 89.0. The van der Waals surface area contributed by atoms with Crippen LogP contribution in [0.5, 0.6) is 0 Å². The molecule has 12 rings (SSSR count). The van der Waals surface area contributed by atoms with Gasteiger partial charge in [-0.25, -0.2) is 0 Å². The lowest BCUT2D eigenvalue weighted by Crippen LogP contribution is -2.17. The predicted molar refractivity (Wildman–Crippen MR) is 275 cm³/mol. The van der Waals surface area contributed by atoms with Crippen molar-refractivity contribution in [2.75, 3.05) is 4.90 Å². The summed E-state index contributed by atoms with van der Waals surface area (Å²) >= 11 is 0. The van der Waals surface area contributed by atoms with Crippen molar-refractivity contribution in [1.82, 2.24) is 4.57 Å². The molecule has 0 saturated carbocycles. The van der Waals surface area contributed by atoms with E-state index < -0.39 is 0 Å². The van der Waals surface area contributed by atoms with E-state index >= 15 is 0 Å². The van der Waals surface area contributed by atoms with Crippen LogP contribution in [-0.4, -0.2) is 4.57 Å². The fourth-order valence-corrected chi connectivity index (χ4v) is 10.5. The zero-order valence-electron chi connectivity index (χ0n) is 36.5. The number of nitrogens with zero attached hydrogens (tertiary/aromatic N) is 2.